The number of nitrogens with one attached hydrogen (secondary N) is 1. The molecule has 2 aliphatic heterocycles. The smallest absolute Gasteiger partial charge is 0.127 e. The molecule has 0 spiro atoms. The van der Waals surface area contributed by atoms with Crippen LogP contribution in [0.3, 0.4) is 0 Å². The topological polar surface area (TPSA) is 50.4 Å². The molecule has 2 aromatic rings. The molecule has 24 heavy (non-hydrogen) atoms. The number of ether oxygens (including phenoxy) is 2. The number of para-hydroxylation sites is 1. The van der Waals surface area contributed by atoms with Gasteiger partial charge in [-0.05, 0) is 25.8 Å². The minimum atomic E-state index is -0.112. The Kier molecular flexibility index (Phi) is 3.85. The van der Waals surface area contributed by atoms with Crippen molar-refractivity contribution < 1.29 is 9.47 Å². The molecule has 4 rings (SSSR count). The average Bonchev–Trinajstić information content (AvgIpc) is 3.24. The van der Waals surface area contributed by atoms with Crippen LogP contribution in [0.4, 0.5) is 0 Å². The summed E-state index contributed by atoms with van der Waals surface area (Å²) in [6, 6.07) is 6.76. The zero-order chi connectivity index (χ0) is 16.7. The van der Waals surface area contributed by atoms with Gasteiger partial charge < -0.3 is 14.5 Å². The lowest BCUT2D eigenvalue weighted by Crippen LogP contribution is -2.27. The summed E-state index contributed by atoms with van der Waals surface area (Å²) >= 11 is 0. The molecule has 1 fully saturated rings. The van der Waals surface area contributed by atoms with Crippen molar-refractivity contribution in [3.8, 4) is 5.75 Å². The van der Waals surface area contributed by atoms with E-state index in [0.29, 0.717) is 0 Å². The molecule has 1 saturated heterocycles. The van der Waals surface area contributed by atoms with Gasteiger partial charge in [-0.3, -0.25) is 4.90 Å². The van der Waals surface area contributed by atoms with Gasteiger partial charge in [-0.15, -0.1) is 0 Å². The van der Waals surface area contributed by atoms with E-state index in [1.165, 1.54) is 11.1 Å². The minimum Gasteiger partial charge on any atom is -0.487 e. The van der Waals surface area contributed by atoms with E-state index in [0.717, 1.165) is 37.5 Å². The Balaban J connectivity index is 1.60. The van der Waals surface area contributed by atoms with Crippen LogP contribution in [0.25, 0.3) is 0 Å². The van der Waals surface area contributed by atoms with E-state index < -0.39 is 0 Å². The van der Waals surface area contributed by atoms with Crippen molar-refractivity contribution in [3.63, 3.8) is 0 Å². The second-order valence-electron chi connectivity index (χ2n) is 7.46. The van der Waals surface area contributed by atoms with E-state index in [-0.39, 0.29) is 17.7 Å². The molecule has 2 aliphatic rings. The van der Waals surface area contributed by atoms with Crippen LogP contribution >= 0.6 is 0 Å². The van der Waals surface area contributed by atoms with Gasteiger partial charge >= 0.3 is 0 Å². The Bertz CT molecular complexity index is 711. The first-order chi connectivity index (χ1) is 11.6. The van der Waals surface area contributed by atoms with E-state index >= 15 is 0 Å². The average molecular weight is 327 g/mol. The zero-order valence-electron chi connectivity index (χ0n) is 14.6. The number of rotatable bonds is 4. The Hall–Kier alpha value is -1.85. The summed E-state index contributed by atoms with van der Waals surface area (Å²) in [5.74, 6) is 2.09. The van der Waals surface area contributed by atoms with E-state index in [1.807, 2.05) is 12.4 Å². The molecule has 1 N–H and O–H groups in total. The van der Waals surface area contributed by atoms with Gasteiger partial charge in [0.2, 0.25) is 0 Å². The molecule has 0 aliphatic carbocycles. The van der Waals surface area contributed by atoms with E-state index in [4.69, 9.17) is 9.47 Å². The van der Waals surface area contributed by atoms with Crippen molar-refractivity contribution in [1.29, 1.82) is 0 Å². The molecule has 1 aromatic heterocycles. The number of fused-ring (bicyclic) bond motifs is 1. The van der Waals surface area contributed by atoms with Gasteiger partial charge in [0, 0.05) is 44.6 Å². The van der Waals surface area contributed by atoms with Crippen molar-refractivity contribution in [2.45, 2.75) is 51.0 Å². The summed E-state index contributed by atoms with van der Waals surface area (Å²) in [4.78, 5) is 10.2. The molecular formula is C19H25N3O2. The van der Waals surface area contributed by atoms with Crippen LogP contribution in [0.2, 0.25) is 0 Å². The van der Waals surface area contributed by atoms with Gasteiger partial charge in [0.15, 0.2) is 0 Å². The maximum atomic E-state index is 6.23. The molecule has 5 nitrogen and oxygen atoms in total. The van der Waals surface area contributed by atoms with Gasteiger partial charge in [0.1, 0.15) is 17.2 Å². The molecule has 0 amide bonds. The van der Waals surface area contributed by atoms with Crippen molar-refractivity contribution >= 4 is 0 Å². The fraction of sp³-hybridized carbons (Fsp3) is 0.526. The maximum absolute atomic E-state index is 6.23. The number of likely N-dealkylation sites (tertiary alicyclic amines) is 1. The summed E-state index contributed by atoms with van der Waals surface area (Å²) in [6.45, 7) is 6.07. The van der Waals surface area contributed by atoms with Crippen molar-refractivity contribution in [2.75, 3.05) is 13.7 Å². The van der Waals surface area contributed by atoms with Gasteiger partial charge in [0.25, 0.3) is 0 Å². The first-order valence-corrected chi connectivity index (χ1v) is 8.61. The van der Waals surface area contributed by atoms with Crippen LogP contribution in [-0.2, 0) is 17.7 Å². The third kappa shape index (κ3) is 2.82. The molecule has 1 aromatic carbocycles. The summed E-state index contributed by atoms with van der Waals surface area (Å²) in [7, 11) is 1.79. The Morgan fingerprint density at radius 3 is 3.04 bits per heavy atom. The minimum absolute atomic E-state index is 0.112. The Morgan fingerprint density at radius 1 is 1.42 bits per heavy atom. The van der Waals surface area contributed by atoms with Crippen LogP contribution < -0.4 is 4.74 Å². The molecule has 128 valence electrons. The lowest BCUT2D eigenvalue weighted by atomic mass is 10.0. The zero-order valence-corrected chi connectivity index (χ0v) is 14.6. The normalized spacial score (nSPS) is 25.6. The van der Waals surface area contributed by atoms with Crippen LogP contribution in [-0.4, -0.2) is 40.2 Å². The number of benzene rings is 1. The second kappa shape index (κ2) is 5.90. The summed E-state index contributed by atoms with van der Waals surface area (Å²) < 4.78 is 11.9. The lowest BCUT2D eigenvalue weighted by molar-refractivity contribution is 0.106. The van der Waals surface area contributed by atoms with Gasteiger partial charge in [0.05, 0.1) is 12.1 Å². The molecule has 1 unspecified atom stereocenters. The third-order valence-electron chi connectivity index (χ3n) is 5.08. The third-order valence-corrected chi connectivity index (χ3v) is 5.08. The number of nitrogens with zero attached hydrogens (tertiary/aromatic N) is 2. The summed E-state index contributed by atoms with van der Waals surface area (Å²) in [5, 5.41) is 0. The fourth-order valence-corrected chi connectivity index (χ4v) is 3.97. The largest absolute Gasteiger partial charge is 0.487 e. The maximum Gasteiger partial charge on any atom is 0.127 e. The van der Waals surface area contributed by atoms with Crippen LogP contribution in [0.5, 0.6) is 5.75 Å². The standard InChI is InChI=1S/C19H25N3O2/c1-19(2)10-13-5-4-6-14(17(13)24-19)11-22-12-15(23-3)9-16(22)18-20-7-8-21-18/h4-8,15-16H,9-12H2,1-3H3,(H,20,21)/t15-,16?/m1/s1. The number of methoxy groups -OCH3 is 1. The number of H-pyrrole nitrogens is 1. The van der Waals surface area contributed by atoms with E-state index in [1.54, 1.807) is 7.11 Å². The van der Waals surface area contributed by atoms with Gasteiger partial charge in [-0.1, -0.05) is 18.2 Å². The Labute approximate surface area is 143 Å². The molecule has 0 radical (unpaired) electrons. The first-order valence-electron chi connectivity index (χ1n) is 8.61. The molecule has 5 heteroatoms. The number of aromatic amines is 1. The van der Waals surface area contributed by atoms with Crippen molar-refractivity contribution in [3.05, 3.63) is 47.5 Å². The van der Waals surface area contributed by atoms with Gasteiger partial charge in [-0.2, -0.15) is 0 Å². The van der Waals surface area contributed by atoms with Crippen molar-refractivity contribution in [2.24, 2.45) is 0 Å². The molecule has 3 heterocycles. The number of hydrogen-bond acceptors (Lipinski definition) is 4. The predicted octanol–water partition coefficient (Wildman–Crippen LogP) is 3.09. The summed E-state index contributed by atoms with van der Waals surface area (Å²) in [5.41, 5.74) is 2.46. The van der Waals surface area contributed by atoms with Gasteiger partial charge in [-0.25, -0.2) is 4.98 Å². The van der Waals surface area contributed by atoms with Crippen LogP contribution in [0, 0.1) is 0 Å². The number of hydrogen-bond donors (Lipinski definition) is 1. The van der Waals surface area contributed by atoms with Crippen LogP contribution in [0.1, 0.15) is 43.3 Å². The molecule has 2 atom stereocenters. The quantitative estimate of drug-likeness (QED) is 0.937. The number of imidazole rings is 1. The monoisotopic (exact) mass is 327 g/mol. The lowest BCUT2D eigenvalue weighted by Gasteiger charge is -2.24. The molecular weight excluding hydrogens is 302 g/mol. The Morgan fingerprint density at radius 2 is 2.29 bits per heavy atom. The highest BCUT2D eigenvalue weighted by atomic mass is 16.5. The predicted molar refractivity (Wildman–Crippen MR) is 92.0 cm³/mol. The van der Waals surface area contributed by atoms with Crippen LogP contribution in [0.15, 0.2) is 30.6 Å². The number of aromatic nitrogens is 2. The van der Waals surface area contributed by atoms with E-state index in [2.05, 4.69) is 46.9 Å². The second-order valence-corrected chi connectivity index (χ2v) is 7.46. The van der Waals surface area contributed by atoms with Crippen molar-refractivity contribution in [1.82, 2.24) is 14.9 Å². The molecule has 0 bridgehead atoms. The SMILES string of the molecule is CO[C@@H]1CC(c2ncc[nH]2)N(Cc2cccc3c2OC(C)(C)C3)C1. The van der Waals surface area contributed by atoms with E-state index in [9.17, 15) is 0 Å². The highest BCUT2D eigenvalue weighted by Crippen LogP contribution is 2.40. The highest BCUT2D eigenvalue weighted by molar-refractivity contribution is 5.45. The highest BCUT2D eigenvalue weighted by Gasteiger charge is 2.37. The fourth-order valence-electron chi connectivity index (χ4n) is 3.97. The molecule has 0 saturated carbocycles. The first kappa shape index (κ1) is 15.7. The summed E-state index contributed by atoms with van der Waals surface area (Å²) in [6.07, 6.45) is 5.89.